The zero-order valence-electron chi connectivity index (χ0n) is 29.8. The van der Waals surface area contributed by atoms with Crippen molar-refractivity contribution in [3.05, 3.63) is 65.5 Å². The van der Waals surface area contributed by atoms with E-state index in [2.05, 4.69) is 30.8 Å². The number of carbonyl (C=O) groups is 6. The first-order valence-corrected chi connectivity index (χ1v) is 19.7. The van der Waals surface area contributed by atoms with Gasteiger partial charge in [0.1, 0.15) is 11.9 Å². The van der Waals surface area contributed by atoms with E-state index in [-0.39, 0.29) is 58.9 Å². The van der Waals surface area contributed by atoms with Crippen LogP contribution in [0.15, 0.2) is 53.6 Å². The molecule has 3 atom stereocenters. The molecule has 3 aromatic rings. The van der Waals surface area contributed by atoms with E-state index in [0.29, 0.717) is 44.1 Å². The summed E-state index contributed by atoms with van der Waals surface area (Å²) in [7, 11) is -3.39. The number of aromatic nitrogens is 2. The Balaban J connectivity index is 0.918. The van der Waals surface area contributed by atoms with Gasteiger partial charge in [0.05, 0.1) is 28.8 Å². The first-order valence-electron chi connectivity index (χ1n) is 17.8. The highest BCUT2D eigenvalue weighted by molar-refractivity contribution is 7.90. The second kappa shape index (κ2) is 15.0. The predicted molar refractivity (Wildman–Crippen MR) is 197 cm³/mol. The zero-order valence-corrected chi connectivity index (χ0v) is 30.6. The molecular formula is C36H39N9O9S. The molecule has 0 saturated carbocycles. The molecule has 1 aromatic heterocycles. The number of alkyl carbamates (subject to hydrolysis) is 1. The van der Waals surface area contributed by atoms with Gasteiger partial charge < -0.3 is 30.9 Å². The number of rotatable bonds is 10. The number of fused-ring (bicyclic) bond motifs is 1. The Hall–Kier alpha value is -6.11. The summed E-state index contributed by atoms with van der Waals surface area (Å²) < 4.78 is 29.3. The number of hydrogen-bond donors (Lipinski definition) is 4. The summed E-state index contributed by atoms with van der Waals surface area (Å²) in [5.74, 6) is -2.45. The molecule has 18 nitrogen and oxygen atoms in total. The van der Waals surface area contributed by atoms with Gasteiger partial charge in [-0.2, -0.15) is 0 Å². The van der Waals surface area contributed by atoms with Crippen molar-refractivity contribution in [3.63, 3.8) is 0 Å². The molecule has 55 heavy (non-hydrogen) atoms. The van der Waals surface area contributed by atoms with Gasteiger partial charge in [-0.15, -0.1) is 0 Å². The Morgan fingerprint density at radius 1 is 0.964 bits per heavy atom. The summed E-state index contributed by atoms with van der Waals surface area (Å²) in [5, 5.41) is 8.13. The number of amides is 6. The molecule has 3 saturated heterocycles. The minimum Gasteiger partial charge on any atom is -0.449 e. The molecule has 0 bridgehead atoms. The Kier molecular flexibility index (Phi) is 10.1. The minimum atomic E-state index is -3.39. The van der Waals surface area contributed by atoms with Gasteiger partial charge in [-0.05, 0) is 68.1 Å². The smallest absolute Gasteiger partial charge is 0.407 e. The van der Waals surface area contributed by atoms with Crippen molar-refractivity contribution in [2.75, 3.05) is 54.2 Å². The van der Waals surface area contributed by atoms with Gasteiger partial charge in [0.15, 0.2) is 21.3 Å². The van der Waals surface area contributed by atoms with Crippen molar-refractivity contribution in [2.24, 2.45) is 11.7 Å². The summed E-state index contributed by atoms with van der Waals surface area (Å²) in [6.07, 6.45) is 4.28. The molecule has 4 aliphatic heterocycles. The van der Waals surface area contributed by atoms with E-state index < -0.39 is 51.5 Å². The van der Waals surface area contributed by atoms with Crippen LogP contribution in [-0.4, -0.2) is 110 Å². The SMILES string of the molecule is CS(=O)(=O)c1ccc(Nc2nc(N3CCCC(NC(=O)OC[C@@H]4CCN(c5ccc6c(c5)C(=O)N(C5CCC(=O)NC5=O)C6=O)C4)C3)cnc2C(N)=O)cc1. The molecule has 5 N–H and O–H groups in total. The number of sulfone groups is 1. The third-order valence-electron chi connectivity index (χ3n) is 10.1. The number of anilines is 4. The number of benzene rings is 2. The lowest BCUT2D eigenvalue weighted by Gasteiger charge is -2.33. The summed E-state index contributed by atoms with van der Waals surface area (Å²) in [6, 6.07) is 9.65. The van der Waals surface area contributed by atoms with Gasteiger partial charge in [0.2, 0.25) is 11.8 Å². The largest absolute Gasteiger partial charge is 0.449 e. The summed E-state index contributed by atoms with van der Waals surface area (Å²) >= 11 is 0. The van der Waals surface area contributed by atoms with Crippen LogP contribution in [0.2, 0.25) is 0 Å². The van der Waals surface area contributed by atoms with E-state index in [1.54, 1.807) is 30.3 Å². The molecule has 288 valence electrons. The molecule has 0 radical (unpaired) electrons. The van der Waals surface area contributed by atoms with Crippen LogP contribution >= 0.6 is 0 Å². The van der Waals surface area contributed by atoms with Crippen LogP contribution < -0.4 is 31.5 Å². The fourth-order valence-electron chi connectivity index (χ4n) is 7.29. The van der Waals surface area contributed by atoms with Crippen molar-refractivity contribution in [3.8, 4) is 0 Å². The topological polar surface area (TPSA) is 243 Å². The number of nitrogens with zero attached hydrogens (tertiary/aromatic N) is 5. The lowest BCUT2D eigenvalue weighted by Crippen LogP contribution is -2.54. The number of hydrogen-bond acceptors (Lipinski definition) is 14. The standard InChI is InChI=1S/C36H39N9O9S/c1-55(52,53)24-7-4-21(5-8-24)39-32-30(31(37)47)38-16-28(41-32)44-13-2-3-22(18-44)40-36(51)54-19-20-12-14-43(17-20)23-6-9-25-26(15-23)35(50)45(34(25)49)27-10-11-29(46)42-33(27)48/h4-9,15-16,20,22,27H,2-3,10-14,17-19H2,1H3,(H2,37,47)(H,39,41)(H,40,51)(H,42,46,48)/t20-,22?,27?/m1/s1. The number of ether oxygens (including phenoxy) is 1. The molecule has 7 rings (SSSR count). The van der Waals surface area contributed by atoms with Crippen LogP contribution in [0, 0.1) is 5.92 Å². The van der Waals surface area contributed by atoms with E-state index in [1.807, 2.05) is 4.90 Å². The third-order valence-corrected chi connectivity index (χ3v) is 11.3. The van der Waals surface area contributed by atoms with Crippen molar-refractivity contribution in [1.82, 2.24) is 25.5 Å². The summed E-state index contributed by atoms with van der Waals surface area (Å²) in [6.45, 7) is 2.39. The molecule has 4 aliphatic rings. The van der Waals surface area contributed by atoms with E-state index in [0.717, 1.165) is 29.7 Å². The van der Waals surface area contributed by atoms with E-state index in [1.165, 1.54) is 18.3 Å². The van der Waals surface area contributed by atoms with Gasteiger partial charge in [-0.25, -0.2) is 23.2 Å². The molecule has 0 aliphatic carbocycles. The van der Waals surface area contributed by atoms with Crippen LogP contribution in [0.25, 0.3) is 0 Å². The zero-order chi connectivity index (χ0) is 39.0. The number of primary amides is 1. The quantitative estimate of drug-likeness (QED) is 0.213. The number of piperidine rings is 2. The molecule has 2 unspecified atom stereocenters. The number of imide groups is 2. The lowest BCUT2D eigenvalue weighted by molar-refractivity contribution is -0.136. The van der Waals surface area contributed by atoms with Crippen LogP contribution in [-0.2, 0) is 24.2 Å². The highest BCUT2D eigenvalue weighted by Gasteiger charge is 2.45. The third kappa shape index (κ3) is 7.91. The minimum absolute atomic E-state index is 0.0201. The fraction of sp³-hybridized carbons (Fsp3) is 0.389. The van der Waals surface area contributed by atoms with Crippen LogP contribution in [0.1, 0.15) is 63.3 Å². The molecule has 19 heteroatoms. The predicted octanol–water partition coefficient (Wildman–Crippen LogP) is 1.35. The summed E-state index contributed by atoms with van der Waals surface area (Å²) in [5.41, 5.74) is 7.08. The maximum Gasteiger partial charge on any atom is 0.407 e. The van der Waals surface area contributed by atoms with Crippen molar-refractivity contribution in [2.45, 2.75) is 49.1 Å². The number of nitrogens with one attached hydrogen (secondary N) is 3. The van der Waals surface area contributed by atoms with Gasteiger partial charge in [0, 0.05) is 62.2 Å². The van der Waals surface area contributed by atoms with Gasteiger partial charge in [0.25, 0.3) is 17.7 Å². The van der Waals surface area contributed by atoms with Crippen molar-refractivity contribution < 1.29 is 41.9 Å². The van der Waals surface area contributed by atoms with Crippen LogP contribution in [0.4, 0.5) is 27.8 Å². The Morgan fingerprint density at radius 2 is 1.73 bits per heavy atom. The highest BCUT2D eigenvalue weighted by atomic mass is 32.2. The molecule has 5 heterocycles. The average molecular weight is 774 g/mol. The normalized spacial score (nSPS) is 21.3. The molecule has 3 fully saturated rings. The van der Waals surface area contributed by atoms with Crippen LogP contribution in [0.5, 0.6) is 0 Å². The Labute approximate surface area is 315 Å². The lowest BCUT2D eigenvalue weighted by atomic mass is 10.0. The van der Waals surface area contributed by atoms with E-state index in [4.69, 9.17) is 10.5 Å². The van der Waals surface area contributed by atoms with E-state index >= 15 is 0 Å². The first-order chi connectivity index (χ1) is 26.2. The van der Waals surface area contributed by atoms with Crippen LogP contribution in [0.3, 0.4) is 0 Å². The molecule has 0 spiro atoms. The monoisotopic (exact) mass is 773 g/mol. The number of nitrogens with two attached hydrogens (primary N) is 1. The second-order valence-electron chi connectivity index (χ2n) is 14.0. The Morgan fingerprint density at radius 3 is 2.45 bits per heavy atom. The maximum absolute atomic E-state index is 13.3. The van der Waals surface area contributed by atoms with Crippen molar-refractivity contribution >= 4 is 68.5 Å². The Bertz CT molecular complexity index is 2200. The van der Waals surface area contributed by atoms with Gasteiger partial charge >= 0.3 is 6.09 Å². The van der Waals surface area contributed by atoms with Gasteiger partial charge in [-0.1, -0.05) is 0 Å². The maximum atomic E-state index is 13.3. The number of carbonyl (C=O) groups excluding carboxylic acids is 6. The fourth-order valence-corrected chi connectivity index (χ4v) is 7.92. The molecular weight excluding hydrogens is 735 g/mol. The van der Waals surface area contributed by atoms with Crippen molar-refractivity contribution in [1.29, 1.82) is 0 Å². The molecule has 2 aromatic carbocycles. The van der Waals surface area contributed by atoms with Gasteiger partial charge in [-0.3, -0.25) is 34.2 Å². The first kappa shape index (κ1) is 37.2. The molecule has 6 amide bonds. The highest BCUT2D eigenvalue weighted by Crippen LogP contribution is 2.33. The second-order valence-corrected chi connectivity index (χ2v) is 16.0. The van der Waals surface area contributed by atoms with E-state index in [9.17, 15) is 37.2 Å². The summed E-state index contributed by atoms with van der Waals surface area (Å²) in [4.78, 5) is 89.3. The average Bonchev–Trinajstić information content (AvgIpc) is 3.72.